The van der Waals surface area contributed by atoms with Gasteiger partial charge in [-0.05, 0) is 50.2 Å². The molecule has 0 radical (unpaired) electrons. The van der Waals surface area contributed by atoms with Gasteiger partial charge in [-0.2, -0.15) is 5.10 Å². The summed E-state index contributed by atoms with van der Waals surface area (Å²) in [6.45, 7) is 2.24. The van der Waals surface area contributed by atoms with Gasteiger partial charge < -0.3 is 15.4 Å². The van der Waals surface area contributed by atoms with Gasteiger partial charge in [0.25, 0.3) is 5.56 Å². The van der Waals surface area contributed by atoms with E-state index in [0.717, 1.165) is 37.7 Å². The highest BCUT2D eigenvalue weighted by atomic mass is 19.1. The number of H-pyrrole nitrogens is 1. The maximum atomic E-state index is 14.8. The zero-order chi connectivity index (χ0) is 23.3. The summed E-state index contributed by atoms with van der Waals surface area (Å²) in [5, 5.41) is 6.85. The Kier molecular flexibility index (Phi) is 7.87. The Morgan fingerprint density at radius 2 is 1.94 bits per heavy atom. The third kappa shape index (κ3) is 5.46. The molecule has 0 amide bonds. The molecular formula is C23H31F3N4O2. The second kappa shape index (κ2) is 10.6. The summed E-state index contributed by atoms with van der Waals surface area (Å²) in [5.41, 5.74) is 6.06. The van der Waals surface area contributed by atoms with E-state index in [1.165, 1.54) is 12.1 Å². The maximum Gasteiger partial charge on any atom is 0.272 e. The van der Waals surface area contributed by atoms with Crippen LogP contribution >= 0.6 is 0 Å². The number of hydrogen-bond acceptors (Lipinski definition) is 5. The fraction of sp³-hybridized carbons (Fsp3) is 0.391. The lowest BCUT2D eigenvalue weighted by Crippen LogP contribution is -2.24. The molecule has 3 rings (SSSR count). The zero-order valence-electron chi connectivity index (χ0n) is 18.1. The van der Waals surface area contributed by atoms with E-state index in [0.29, 0.717) is 25.1 Å². The molecule has 1 aromatic heterocycles. The van der Waals surface area contributed by atoms with Crippen molar-refractivity contribution < 1.29 is 20.8 Å². The minimum absolute atomic E-state index is 0. The summed E-state index contributed by atoms with van der Waals surface area (Å²) >= 11 is 0. The number of unbranched alkanes of at least 4 members (excludes halogenated alkanes) is 1. The average molecular weight is 453 g/mol. The molecule has 0 aliphatic carbocycles. The van der Waals surface area contributed by atoms with Gasteiger partial charge in [0.05, 0.1) is 17.7 Å². The average Bonchev–Trinajstić information content (AvgIpc) is 2.74. The fourth-order valence-corrected chi connectivity index (χ4v) is 3.88. The first-order valence-electron chi connectivity index (χ1n) is 10.4. The van der Waals surface area contributed by atoms with Crippen LogP contribution in [0.3, 0.4) is 0 Å². The molecule has 0 aliphatic rings. The van der Waals surface area contributed by atoms with E-state index in [1.54, 1.807) is 7.11 Å². The molecule has 0 unspecified atom stereocenters. The highest BCUT2D eigenvalue weighted by Gasteiger charge is 2.24. The number of aromatic amines is 1. The predicted octanol–water partition coefficient (Wildman–Crippen LogP) is 4.30. The molecule has 1 heterocycles. The first-order chi connectivity index (χ1) is 15.3. The lowest BCUT2D eigenvalue weighted by Gasteiger charge is -2.21. The van der Waals surface area contributed by atoms with E-state index in [1.807, 2.05) is 7.05 Å². The van der Waals surface area contributed by atoms with Crippen LogP contribution < -0.4 is 11.3 Å². The van der Waals surface area contributed by atoms with Gasteiger partial charge in [-0.3, -0.25) is 4.79 Å². The van der Waals surface area contributed by atoms with Crippen molar-refractivity contribution in [1.29, 1.82) is 0 Å². The summed E-state index contributed by atoms with van der Waals surface area (Å²) in [7, 11) is 3.64. The van der Waals surface area contributed by atoms with Crippen molar-refractivity contribution in [2.75, 3.05) is 39.6 Å². The normalized spacial score (nSPS) is 12.6. The van der Waals surface area contributed by atoms with Crippen molar-refractivity contribution in [3.8, 4) is 0 Å². The lowest BCUT2D eigenvalue weighted by atomic mass is 9.87. The molecule has 0 spiro atoms. The van der Waals surface area contributed by atoms with Crippen molar-refractivity contribution in [3.63, 3.8) is 0 Å². The molecule has 0 saturated heterocycles. The lowest BCUT2D eigenvalue weighted by molar-refractivity contribution is 0.160. The maximum absolute atomic E-state index is 14.8. The van der Waals surface area contributed by atoms with Crippen LogP contribution in [0.5, 0.6) is 0 Å². The van der Waals surface area contributed by atoms with E-state index in [4.69, 9.17) is 10.5 Å². The van der Waals surface area contributed by atoms with Crippen LogP contribution in [0.15, 0.2) is 35.1 Å². The fourth-order valence-electron chi connectivity index (χ4n) is 3.88. The molecule has 32 heavy (non-hydrogen) atoms. The smallest absolute Gasteiger partial charge is 0.272 e. The molecule has 9 heteroatoms. The third-order valence-corrected chi connectivity index (χ3v) is 5.54. The number of hydrogen-bond donors (Lipinski definition) is 2. The van der Waals surface area contributed by atoms with Crippen LogP contribution in [0.2, 0.25) is 0 Å². The van der Waals surface area contributed by atoms with Gasteiger partial charge in [0, 0.05) is 39.6 Å². The highest BCUT2D eigenvalue weighted by Crippen LogP contribution is 2.36. The Hall–Kier alpha value is -2.91. The van der Waals surface area contributed by atoms with Crippen LogP contribution in [0.1, 0.15) is 39.3 Å². The quantitative estimate of drug-likeness (QED) is 0.354. The molecule has 0 aliphatic heterocycles. The Morgan fingerprint density at radius 3 is 2.66 bits per heavy atom. The topological polar surface area (TPSA) is 84.2 Å². The van der Waals surface area contributed by atoms with Gasteiger partial charge in [-0.1, -0.05) is 12.5 Å². The van der Waals surface area contributed by atoms with Gasteiger partial charge in [0.2, 0.25) is 0 Å². The molecule has 2 aromatic carbocycles. The van der Waals surface area contributed by atoms with Crippen LogP contribution in [0.25, 0.3) is 10.8 Å². The third-order valence-electron chi connectivity index (χ3n) is 5.54. The Labute approximate surface area is 187 Å². The number of nitrogens with one attached hydrogen (secondary N) is 1. The highest BCUT2D eigenvalue weighted by molar-refractivity contribution is 5.94. The molecule has 176 valence electrons. The number of anilines is 1. The second-order valence-electron chi connectivity index (χ2n) is 7.87. The number of rotatable bonds is 10. The SMILES string of the molecule is COCCN(C)CCCC[C@H](c1ccc(F)cc1F)c1n[nH]c(=O)c2cc(F)cc(N)c12.[HH].[HH]. The summed E-state index contributed by atoms with van der Waals surface area (Å²) < 4.78 is 47.3. The van der Waals surface area contributed by atoms with Crippen LogP contribution in [0, 0.1) is 17.5 Å². The number of nitrogen functional groups attached to an aromatic ring is 1. The molecule has 3 aromatic rings. The molecule has 1 atom stereocenters. The summed E-state index contributed by atoms with van der Waals surface area (Å²) in [5.74, 6) is -2.66. The Balaban J connectivity index is 0.00000289. The summed E-state index contributed by atoms with van der Waals surface area (Å²) in [6.07, 6.45) is 2.01. The number of likely N-dealkylation sites (N-methyl/N-ethyl adjacent to an activating group) is 1. The van der Waals surface area contributed by atoms with Crippen molar-refractivity contribution in [2.45, 2.75) is 25.2 Å². The van der Waals surface area contributed by atoms with Gasteiger partial charge >= 0.3 is 0 Å². The van der Waals surface area contributed by atoms with Gasteiger partial charge in [-0.25, -0.2) is 18.3 Å². The monoisotopic (exact) mass is 452 g/mol. The first kappa shape index (κ1) is 23.7. The molecule has 0 bridgehead atoms. The van der Waals surface area contributed by atoms with E-state index in [9.17, 15) is 18.0 Å². The number of ether oxygens (including phenoxy) is 1. The van der Waals surface area contributed by atoms with Gasteiger partial charge in [-0.15, -0.1) is 0 Å². The summed E-state index contributed by atoms with van der Waals surface area (Å²) in [6, 6.07) is 5.56. The van der Waals surface area contributed by atoms with Crippen molar-refractivity contribution in [2.24, 2.45) is 0 Å². The van der Waals surface area contributed by atoms with E-state index in [2.05, 4.69) is 15.1 Å². The largest absolute Gasteiger partial charge is 0.398 e. The molecule has 6 nitrogen and oxygen atoms in total. The Morgan fingerprint density at radius 1 is 1.16 bits per heavy atom. The second-order valence-corrected chi connectivity index (χ2v) is 7.87. The number of halogens is 3. The number of nitrogens with zero attached hydrogens (tertiary/aromatic N) is 2. The van der Waals surface area contributed by atoms with Crippen molar-refractivity contribution in [1.82, 2.24) is 15.1 Å². The van der Waals surface area contributed by atoms with E-state index >= 15 is 0 Å². The minimum Gasteiger partial charge on any atom is -0.398 e. The molecule has 0 fully saturated rings. The van der Waals surface area contributed by atoms with Crippen LogP contribution in [-0.4, -0.2) is 49.0 Å². The molecular weight excluding hydrogens is 421 g/mol. The number of fused-ring (bicyclic) bond motifs is 1. The van der Waals surface area contributed by atoms with Crippen molar-refractivity contribution in [3.05, 3.63) is 69.4 Å². The zero-order valence-corrected chi connectivity index (χ0v) is 18.1. The number of nitrogens with two attached hydrogens (primary N) is 1. The Bertz CT molecular complexity index is 1150. The minimum atomic E-state index is -0.714. The number of benzene rings is 2. The van der Waals surface area contributed by atoms with Crippen LogP contribution in [0.4, 0.5) is 18.9 Å². The van der Waals surface area contributed by atoms with Gasteiger partial charge in [0.15, 0.2) is 0 Å². The predicted molar refractivity (Wildman–Crippen MR) is 122 cm³/mol. The summed E-state index contributed by atoms with van der Waals surface area (Å²) in [4.78, 5) is 14.4. The van der Waals surface area contributed by atoms with Crippen LogP contribution in [-0.2, 0) is 4.74 Å². The standard InChI is InChI=1S/C23H27F3N4O2.2H2/c1-30(9-10-32-2)8-4-3-5-17(16-7-6-14(24)12-19(16)26)22-21-18(23(31)29-28-22)11-15(25)13-20(21)27;;/h6-7,11-13,17H,3-5,8-10,27H2,1-2H3,(H,29,31);2*1H/t17-;;/m1../s1. The number of methoxy groups -OCH3 is 1. The molecule has 0 saturated carbocycles. The van der Waals surface area contributed by atoms with Gasteiger partial charge in [0.1, 0.15) is 17.5 Å². The first-order valence-corrected chi connectivity index (χ1v) is 10.4. The van der Waals surface area contributed by atoms with E-state index < -0.39 is 28.9 Å². The molecule has 3 N–H and O–H groups in total. The number of aromatic nitrogens is 2. The van der Waals surface area contributed by atoms with E-state index in [-0.39, 0.29) is 24.9 Å². The van der Waals surface area contributed by atoms with Crippen molar-refractivity contribution >= 4 is 16.5 Å².